The van der Waals surface area contributed by atoms with Gasteiger partial charge in [0.25, 0.3) is 0 Å². The maximum atomic E-state index is 11.0. The molecule has 0 bridgehead atoms. The van der Waals surface area contributed by atoms with Gasteiger partial charge in [-0.05, 0) is 25.8 Å². The molecule has 2 aromatic rings. The number of aryl methyl sites for hydroxylation is 1. The van der Waals surface area contributed by atoms with Gasteiger partial charge in [-0.3, -0.25) is 4.79 Å². The van der Waals surface area contributed by atoms with Crippen molar-refractivity contribution < 1.29 is 4.79 Å². The number of carbonyl (C=O) groups excluding carboxylic acids is 1. The molecule has 0 N–H and O–H groups in total. The highest BCUT2D eigenvalue weighted by Crippen LogP contribution is 2.38. The SMILES string of the molecule is Cc1cccc(-c2c(C=O)nnn2C2CC2)c1. The number of nitrogens with zero attached hydrogens (tertiary/aromatic N) is 3. The average Bonchev–Trinajstić information content (AvgIpc) is 3.08. The van der Waals surface area contributed by atoms with Gasteiger partial charge in [0.15, 0.2) is 12.0 Å². The molecule has 86 valence electrons. The number of hydrogen-bond acceptors (Lipinski definition) is 3. The summed E-state index contributed by atoms with van der Waals surface area (Å²) in [6.07, 6.45) is 3.03. The van der Waals surface area contributed by atoms with E-state index in [2.05, 4.69) is 16.4 Å². The third-order valence-electron chi connectivity index (χ3n) is 3.02. The quantitative estimate of drug-likeness (QED) is 0.756. The van der Waals surface area contributed by atoms with E-state index in [-0.39, 0.29) is 0 Å². The van der Waals surface area contributed by atoms with E-state index in [4.69, 9.17) is 0 Å². The molecule has 0 atom stereocenters. The van der Waals surface area contributed by atoms with Crippen molar-refractivity contribution in [3.63, 3.8) is 0 Å². The molecule has 1 heterocycles. The number of hydrogen-bond donors (Lipinski definition) is 0. The monoisotopic (exact) mass is 227 g/mol. The van der Waals surface area contributed by atoms with E-state index in [1.165, 1.54) is 5.56 Å². The Morgan fingerprint density at radius 2 is 2.24 bits per heavy atom. The molecule has 17 heavy (non-hydrogen) atoms. The molecule has 0 saturated heterocycles. The van der Waals surface area contributed by atoms with Crippen LogP contribution in [0, 0.1) is 6.92 Å². The maximum Gasteiger partial charge on any atom is 0.172 e. The van der Waals surface area contributed by atoms with Crippen molar-refractivity contribution in [1.29, 1.82) is 0 Å². The Balaban J connectivity index is 2.17. The summed E-state index contributed by atoms with van der Waals surface area (Å²) in [6, 6.07) is 8.51. The van der Waals surface area contributed by atoms with Gasteiger partial charge in [0.05, 0.1) is 11.7 Å². The molecule has 0 spiro atoms. The summed E-state index contributed by atoms with van der Waals surface area (Å²) in [5.41, 5.74) is 3.47. The van der Waals surface area contributed by atoms with Crippen LogP contribution in [0.1, 0.15) is 34.9 Å². The third-order valence-corrected chi connectivity index (χ3v) is 3.02. The molecule has 0 aliphatic heterocycles. The number of carbonyl (C=O) groups is 1. The van der Waals surface area contributed by atoms with Crippen molar-refractivity contribution in [2.24, 2.45) is 0 Å². The molecular weight excluding hydrogens is 214 g/mol. The zero-order valence-corrected chi connectivity index (χ0v) is 9.63. The van der Waals surface area contributed by atoms with Gasteiger partial charge < -0.3 is 0 Å². The fourth-order valence-corrected chi connectivity index (χ4v) is 2.03. The number of rotatable bonds is 3. The molecule has 1 aromatic heterocycles. The Kier molecular flexibility index (Phi) is 2.28. The second-order valence-corrected chi connectivity index (χ2v) is 4.49. The van der Waals surface area contributed by atoms with Crippen LogP contribution in [0.2, 0.25) is 0 Å². The molecule has 4 nitrogen and oxygen atoms in total. The predicted octanol–water partition coefficient (Wildman–Crippen LogP) is 2.40. The van der Waals surface area contributed by atoms with Crippen LogP contribution < -0.4 is 0 Å². The molecule has 1 saturated carbocycles. The smallest absolute Gasteiger partial charge is 0.172 e. The Bertz CT molecular complexity index is 570. The number of aromatic nitrogens is 3. The summed E-state index contributed by atoms with van der Waals surface area (Å²) in [5, 5.41) is 8.04. The lowest BCUT2D eigenvalue weighted by atomic mass is 10.1. The molecule has 1 aliphatic rings. The van der Waals surface area contributed by atoms with Crippen molar-refractivity contribution >= 4 is 6.29 Å². The third kappa shape index (κ3) is 1.75. The highest BCUT2D eigenvalue weighted by Gasteiger charge is 2.29. The lowest BCUT2D eigenvalue weighted by Crippen LogP contribution is -2.00. The van der Waals surface area contributed by atoms with E-state index in [0.29, 0.717) is 11.7 Å². The first-order valence-corrected chi connectivity index (χ1v) is 5.77. The Morgan fingerprint density at radius 1 is 1.41 bits per heavy atom. The molecule has 3 rings (SSSR count). The van der Waals surface area contributed by atoms with Gasteiger partial charge in [0, 0.05) is 5.56 Å². The Hall–Kier alpha value is -1.97. The molecule has 4 heteroatoms. The van der Waals surface area contributed by atoms with Gasteiger partial charge in [0.1, 0.15) is 0 Å². The molecule has 1 aromatic carbocycles. The van der Waals surface area contributed by atoms with Gasteiger partial charge in [-0.25, -0.2) is 4.68 Å². The zero-order chi connectivity index (χ0) is 11.8. The Labute approximate surface area is 99.3 Å². The van der Waals surface area contributed by atoms with E-state index in [1.54, 1.807) is 0 Å². The van der Waals surface area contributed by atoms with Crippen LogP contribution in [0.25, 0.3) is 11.3 Å². The highest BCUT2D eigenvalue weighted by atomic mass is 16.1. The number of aldehydes is 1. The first kappa shape index (κ1) is 10.2. The molecule has 0 amide bonds. The summed E-state index contributed by atoms with van der Waals surface area (Å²) in [5.74, 6) is 0. The van der Waals surface area contributed by atoms with E-state index >= 15 is 0 Å². The van der Waals surface area contributed by atoms with E-state index in [1.807, 2.05) is 29.8 Å². The summed E-state index contributed by atoms with van der Waals surface area (Å²) in [4.78, 5) is 11.0. The molecule has 0 radical (unpaired) electrons. The van der Waals surface area contributed by atoms with Crippen molar-refractivity contribution in [2.75, 3.05) is 0 Å². The second-order valence-electron chi connectivity index (χ2n) is 4.49. The van der Waals surface area contributed by atoms with Crippen molar-refractivity contribution in [2.45, 2.75) is 25.8 Å². The molecule has 1 aliphatic carbocycles. The first-order valence-electron chi connectivity index (χ1n) is 5.77. The van der Waals surface area contributed by atoms with Crippen LogP contribution in [-0.2, 0) is 0 Å². The largest absolute Gasteiger partial charge is 0.296 e. The predicted molar refractivity (Wildman–Crippen MR) is 63.9 cm³/mol. The normalized spacial score (nSPS) is 14.9. The minimum absolute atomic E-state index is 0.423. The van der Waals surface area contributed by atoms with E-state index < -0.39 is 0 Å². The van der Waals surface area contributed by atoms with Crippen LogP contribution >= 0.6 is 0 Å². The lowest BCUT2D eigenvalue weighted by molar-refractivity contribution is 0.111. The van der Waals surface area contributed by atoms with Crippen LogP contribution in [0.15, 0.2) is 24.3 Å². The Morgan fingerprint density at radius 3 is 2.88 bits per heavy atom. The molecular formula is C13H13N3O. The highest BCUT2D eigenvalue weighted by molar-refractivity contribution is 5.83. The molecule has 0 unspecified atom stereocenters. The summed E-state index contributed by atoms with van der Waals surface area (Å²) in [6.45, 7) is 2.04. The van der Waals surface area contributed by atoms with Crippen LogP contribution in [-0.4, -0.2) is 21.3 Å². The number of benzene rings is 1. The lowest BCUT2D eigenvalue weighted by Gasteiger charge is -2.06. The van der Waals surface area contributed by atoms with Gasteiger partial charge in [-0.15, -0.1) is 5.10 Å². The van der Waals surface area contributed by atoms with Crippen molar-refractivity contribution in [3.05, 3.63) is 35.5 Å². The van der Waals surface area contributed by atoms with Crippen LogP contribution in [0.5, 0.6) is 0 Å². The summed E-state index contributed by atoms with van der Waals surface area (Å²) >= 11 is 0. The van der Waals surface area contributed by atoms with E-state index in [9.17, 15) is 4.79 Å². The minimum Gasteiger partial charge on any atom is -0.296 e. The maximum absolute atomic E-state index is 11.0. The topological polar surface area (TPSA) is 47.8 Å². The van der Waals surface area contributed by atoms with Crippen LogP contribution in [0.4, 0.5) is 0 Å². The van der Waals surface area contributed by atoms with Gasteiger partial charge in [-0.1, -0.05) is 29.0 Å². The fourth-order valence-electron chi connectivity index (χ4n) is 2.03. The van der Waals surface area contributed by atoms with Crippen molar-refractivity contribution in [3.8, 4) is 11.3 Å². The van der Waals surface area contributed by atoms with Gasteiger partial charge >= 0.3 is 0 Å². The van der Waals surface area contributed by atoms with Crippen LogP contribution in [0.3, 0.4) is 0 Å². The first-order chi connectivity index (χ1) is 8.29. The standard InChI is InChI=1S/C13H13N3O/c1-9-3-2-4-10(7-9)13-12(8-17)14-15-16(13)11-5-6-11/h2-4,7-8,11H,5-6H2,1H3. The minimum atomic E-state index is 0.423. The van der Waals surface area contributed by atoms with E-state index in [0.717, 1.165) is 30.4 Å². The summed E-state index contributed by atoms with van der Waals surface area (Å²) < 4.78 is 1.89. The van der Waals surface area contributed by atoms with Gasteiger partial charge in [0.2, 0.25) is 0 Å². The summed E-state index contributed by atoms with van der Waals surface area (Å²) in [7, 11) is 0. The molecule has 1 fully saturated rings. The zero-order valence-electron chi connectivity index (χ0n) is 9.63. The van der Waals surface area contributed by atoms with Crippen molar-refractivity contribution in [1.82, 2.24) is 15.0 Å². The second kappa shape index (κ2) is 3.80. The van der Waals surface area contributed by atoms with Gasteiger partial charge in [-0.2, -0.15) is 0 Å². The average molecular weight is 227 g/mol. The fraction of sp³-hybridized carbons (Fsp3) is 0.308.